The first-order chi connectivity index (χ1) is 9.32. The van der Waals surface area contributed by atoms with Crippen LogP contribution in [-0.4, -0.2) is 24.5 Å². The van der Waals surface area contributed by atoms with E-state index in [0.29, 0.717) is 18.0 Å². The van der Waals surface area contributed by atoms with Gasteiger partial charge in [0.1, 0.15) is 11.6 Å². The molecule has 0 aromatic heterocycles. The molecule has 2 nitrogen and oxygen atoms in total. The Hall–Kier alpha value is -1.00. The van der Waals surface area contributed by atoms with E-state index < -0.39 is 11.6 Å². The highest BCUT2D eigenvalue weighted by atomic mass is 19.1. The molecule has 0 bridgehead atoms. The van der Waals surface area contributed by atoms with Crippen molar-refractivity contribution in [3.8, 4) is 0 Å². The average molecular weight is 282 g/mol. The summed E-state index contributed by atoms with van der Waals surface area (Å²) in [7, 11) is 0. The standard InChI is InChI=1S/C16H24F2N2/c1-16(2,3)11-6-7-20(10-11)15(9-19)13-5-4-12(17)8-14(13)18/h4-5,8,11,15H,6-7,9-10,19H2,1-3H3. The Balaban J connectivity index is 2.17. The number of hydrogen-bond acceptors (Lipinski definition) is 2. The number of rotatable bonds is 3. The Kier molecular flexibility index (Phi) is 4.45. The third-order valence-corrected chi connectivity index (χ3v) is 4.43. The lowest BCUT2D eigenvalue weighted by Crippen LogP contribution is -2.34. The van der Waals surface area contributed by atoms with Gasteiger partial charge in [-0.05, 0) is 30.4 Å². The number of nitrogens with zero attached hydrogens (tertiary/aromatic N) is 1. The van der Waals surface area contributed by atoms with Gasteiger partial charge in [-0.15, -0.1) is 0 Å². The number of hydrogen-bond donors (Lipinski definition) is 1. The summed E-state index contributed by atoms with van der Waals surface area (Å²) >= 11 is 0. The maximum absolute atomic E-state index is 13.9. The fourth-order valence-corrected chi connectivity index (χ4v) is 3.02. The molecule has 2 atom stereocenters. The number of halogens is 2. The third kappa shape index (κ3) is 3.18. The Morgan fingerprint density at radius 3 is 2.55 bits per heavy atom. The molecule has 2 rings (SSSR count). The van der Waals surface area contributed by atoms with Crippen LogP contribution in [0.5, 0.6) is 0 Å². The molecule has 2 N–H and O–H groups in total. The SMILES string of the molecule is CC(C)(C)C1CCN(C(CN)c2ccc(F)cc2F)C1. The van der Waals surface area contributed by atoms with Crippen LogP contribution in [0.25, 0.3) is 0 Å². The maximum Gasteiger partial charge on any atom is 0.130 e. The summed E-state index contributed by atoms with van der Waals surface area (Å²) in [5.41, 5.74) is 6.59. The van der Waals surface area contributed by atoms with Crippen molar-refractivity contribution in [2.24, 2.45) is 17.1 Å². The van der Waals surface area contributed by atoms with Crippen LogP contribution in [-0.2, 0) is 0 Å². The first-order valence-corrected chi connectivity index (χ1v) is 7.22. The lowest BCUT2D eigenvalue weighted by atomic mass is 9.80. The van der Waals surface area contributed by atoms with Crippen LogP contribution in [0.1, 0.15) is 38.8 Å². The molecular formula is C16H24F2N2. The van der Waals surface area contributed by atoms with Gasteiger partial charge in [-0.2, -0.15) is 0 Å². The van der Waals surface area contributed by atoms with E-state index in [-0.39, 0.29) is 11.5 Å². The zero-order valence-electron chi connectivity index (χ0n) is 12.5. The summed E-state index contributed by atoms with van der Waals surface area (Å²) in [6.45, 7) is 8.88. The minimum absolute atomic E-state index is 0.164. The Bertz CT molecular complexity index is 468. The molecule has 2 unspecified atom stereocenters. The van der Waals surface area contributed by atoms with Gasteiger partial charge in [0.05, 0.1) is 0 Å². The summed E-state index contributed by atoms with van der Waals surface area (Å²) in [5, 5.41) is 0. The van der Waals surface area contributed by atoms with Gasteiger partial charge < -0.3 is 5.73 Å². The smallest absolute Gasteiger partial charge is 0.130 e. The molecule has 1 aliphatic rings. The van der Waals surface area contributed by atoms with Crippen LogP contribution in [0, 0.1) is 23.0 Å². The van der Waals surface area contributed by atoms with E-state index in [9.17, 15) is 8.78 Å². The summed E-state index contributed by atoms with van der Waals surface area (Å²) in [6, 6.07) is 3.60. The largest absolute Gasteiger partial charge is 0.329 e. The molecule has 1 aromatic carbocycles. The second-order valence-electron chi connectivity index (χ2n) is 6.76. The molecule has 1 fully saturated rings. The van der Waals surface area contributed by atoms with Crippen molar-refractivity contribution in [1.29, 1.82) is 0 Å². The minimum atomic E-state index is -0.545. The molecule has 0 aliphatic carbocycles. The Morgan fingerprint density at radius 1 is 1.35 bits per heavy atom. The molecule has 112 valence electrons. The van der Waals surface area contributed by atoms with E-state index >= 15 is 0 Å². The normalized spacial score (nSPS) is 22.2. The van der Waals surface area contributed by atoms with Gasteiger partial charge in [-0.25, -0.2) is 8.78 Å². The van der Waals surface area contributed by atoms with Crippen LogP contribution in [0.2, 0.25) is 0 Å². The first kappa shape index (κ1) is 15.4. The van der Waals surface area contributed by atoms with Crippen molar-refractivity contribution >= 4 is 0 Å². The molecule has 0 radical (unpaired) electrons. The second-order valence-corrected chi connectivity index (χ2v) is 6.76. The quantitative estimate of drug-likeness (QED) is 0.921. The van der Waals surface area contributed by atoms with Crippen LogP contribution >= 0.6 is 0 Å². The van der Waals surface area contributed by atoms with Gasteiger partial charge in [0.15, 0.2) is 0 Å². The van der Waals surface area contributed by atoms with E-state index in [2.05, 4.69) is 25.7 Å². The van der Waals surface area contributed by atoms with Crippen molar-refractivity contribution < 1.29 is 8.78 Å². The molecule has 0 spiro atoms. The third-order valence-electron chi connectivity index (χ3n) is 4.43. The van der Waals surface area contributed by atoms with Crippen molar-refractivity contribution in [1.82, 2.24) is 4.90 Å². The van der Waals surface area contributed by atoms with Gasteiger partial charge >= 0.3 is 0 Å². The first-order valence-electron chi connectivity index (χ1n) is 7.22. The van der Waals surface area contributed by atoms with E-state index in [1.54, 1.807) is 0 Å². The summed E-state index contributed by atoms with van der Waals surface area (Å²) in [6.07, 6.45) is 1.10. The monoisotopic (exact) mass is 282 g/mol. The summed E-state index contributed by atoms with van der Waals surface area (Å²) < 4.78 is 27.0. The van der Waals surface area contributed by atoms with Crippen LogP contribution < -0.4 is 5.73 Å². The van der Waals surface area contributed by atoms with Crippen molar-refractivity contribution in [2.45, 2.75) is 33.2 Å². The zero-order chi connectivity index (χ0) is 14.9. The lowest BCUT2D eigenvalue weighted by Gasteiger charge is -2.30. The molecular weight excluding hydrogens is 258 g/mol. The Labute approximate surface area is 120 Å². The predicted molar refractivity (Wildman–Crippen MR) is 77.3 cm³/mol. The van der Waals surface area contributed by atoms with Crippen LogP contribution in [0.15, 0.2) is 18.2 Å². The van der Waals surface area contributed by atoms with E-state index in [4.69, 9.17) is 5.73 Å². The molecule has 1 saturated heterocycles. The van der Waals surface area contributed by atoms with Gasteiger partial charge in [0.2, 0.25) is 0 Å². The van der Waals surface area contributed by atoms with Gasteiger partial charge in [0, 0.05) is 30.8 Å². The fourth-order valence-electron chi connectivity index (χ4n) is 3.02. The Morgan fingerprint density at radius 2 is 2.05 bits per heavy atom. The fraction of sp³-hybridized carbons (Fsp3) is 0.625. The highest BCUT2D eigenvalue weighted by molar-refractivity contribution is 5.23. The summed E-state index contributed by atoms with van der Waals surface area (Å²) in [4.78, 5) is 2.23. The molecule has 1 aromatic rings. The van der Waals surface area contributed by atoms with Crippen molar-refractivity contribution in [3.63, 3.8) is 0 Å². The van der Waals surface area contributed by atoms with Crippen LogP contribution in [0.3, 0.4) is 0 Å². The van der Waals surface area contributed by atoms with Crippen molar-refractivity contribution in [2.75, 3.05) is 19.6 Å². The second kappa shape index (κ2) is 5.78. The molecule has 0 saturated carbocycles. The zero-order valence-corrected chi connectivity index (χ0v) is 12.5. The molecule has 20 heavy (non-hydrogen) atoms. The predicted octanol–water partition coefficient (Wildman–Crippen LogP) is 3.33. The maximum atomic E-state index is 13.9. The van der Waals surface area contributed by atoms with Crippen molar-refractivity contribution in [3.05, 3.63) is 35.4 Å². The topological polar surface area (TPSA) is 29.3 Å². The van der Waals surface area contributed by atoms with Gasteiger partial charge in [0.25, 0.3) is 0 Å². The molecule has 1 heterocycles. The van der Waals surface area contributed by atoms with E-state index in [1.165, 1.54) is 12.1 Å². The van der Waals surface area contributed by atoms with E-state index in [0.717, 1.165) is 25.6 Å². The number of likely N-dealkylation sites (tertiary alicyclic amines) is 1. The number of nitrogens with two attached hydrogens (primary N) is 1. The van der Waals surface area contributed by atoms with Gasteiger partial charge in [-0.1, -0.05) is 26.8 Å². The average Bonchev–Trinajstić information content (AvgIpc) is 2.82. The lowest BCUT2D eigenvalue weighted by molar-refractivity contribution is 0.195. The minimum Gasteiger partial charge on any atom is -0.329 e. The summed E-state index contributed by atoms with van der Waals surface area (Å²) in [5.74, 6) is -0.462. The highest BCUT2D eigenvalue weighted by Crippen LogP contribution is 2.37. The molecule has 0 amide bonds. The molecule has 4 heteroatoms. The number of benzene rings is 1. The van der Waals surface area contributed by atoms with E-state index in [1.807, 2.05) is 0 Å². The molecule has 1 aliphatic heterocycles. The van der Waals surface area contributed by atoms with Crippen LogP contribution in [0.4, 0.5) is 8.78 Å². The van der Waals surface area contributed by atoms with Gasteiger partial charge in [-0.3, -0.25) is 4.90 Å². The highest BCUT2D eigenvalue weighted by Gasteiger charge is 2.35.